The van der Waals surface area contributed by atoms with Crippen LogP contribution in [0.3, 0.4) is 0 Å². The van der Waals surface area contributed by atoms with Gasteiger partial charge >= 0.3 is 6.18 Å². The van der Waals surface area contributed by atoms with Crippen LogP contribution in [0.5, 0.6) is 0 Å². The first-order valence-corrected chi connectivity index (χ1v) is 8.19. The molecule has 1 aromatic carbocycles. The maximum atomic E-state index is 13.0. The lowest BCUT2D eigenvalue weighted by Gasteiger charge is -2.34. The van der Waals surface area contributed by atoms with Gasteiger partial charge in [-0.05, 0) is 38.1 Å². The molecule has 1 unspecified atom stereocenters. The van der Waals surface area contributed by atoms with Crippen molar-refractivity contribution in [2.75, 3.05) is 31.5 Å². The summed E-state index contributed by atoms with van der Waals surface area (Å²) in [5.41, 5.74) is -1.22. The highest BCUT2D eigenvalue weighted by molar-refractivity contribution is 5.95. The molecule has 1 aliphatic heterocycles. The van der Waals surface area contributed by atoms with Crippen LogP contribution in [0.4, 0.5) is 18.9 Å². The van der Waals surface area contributed by atoms with Crippen LogP contribution in [-0.2, 0) is 15.8 Å². The molecule has 26 heavy (non-hydrogen) atoms. The average Bonchev–Trinajstić information content (AvgIpc) is 2.49. The lowest BCUT2D eigenvalue weighted by molar-refractivity contribution is -0.140. The number of para-hydroxylation sites is 1. The Morgan fingerprint density at radius 3 is 2.42 bits per heavy atom. The van der Waals surface area contributed by atoms with Gasteiger partial charge < -0.3 is 15.5 Å². The molecule has 0 saturated carbocycles. The molecule has 2 amide bonds. The Balaban J connectivity index is 0.00000338. The Hall–Kier alpha value is -1.80. The van der Waals surface area contributed by atoms with Crippen molar-refractivity contribution in [3.8, 4) is 0 Å². The van der Waals surface area contributed by atoms with E-state index in [2.05, 4.69) is 10.6 Å². The molecule has 0 spiro atoms. The van der Waals surface area contributed by atoms with Crippen molar-refractivity contribution in [1.29, 1.82) is 0 Å². The molecule has 1 aliphatic rings. The highest BCUT2D eigenvalue weighted by Gasteiger charge is 2.34. The number of rotatable bonds is 6. The van der Waals surface area contributed by atoms with E-state index in [4.69, 9.17) is 0 Å². The normalized spacial score (nSPS) is 15.4. The van der Waals surface area contributed by atoms with Gasteiger partial charge in [0.05, 0.1) is 17.8 Å². The zero-order valence-corrected chi connectivity index (χ0v) is 15.4. The molecular weight excluding hydrogens is 371 g/mol. The SMILES string of the molecule is CCN(CC(=O)Nc1ccccc1C(F)(F)F)C(=O)C(C)C1CNC1.Cl. The number of carbonyl (C=O) groups excluding carboxylic acids is 2. The summed E-state index contributed by atoms with van der Waals surface area (Å²) in [7, 11) is 0. The van der Waals surface area contributed by atoms with Crippen LogP contribution in [0.1, 0.15) is 19.4 Å². The minimum Gasteiger partial charge on any atom is -0.333 e. The van der Waals surface area contributed by atoms with E-state index in [0.717, 1.165) is 19.2 Å². The number of carbonyl (C=O) groups is 2. The summed E-state index contributed by atoms with van der Waals surface area (Å²) in [6.45, 7) is 5.11. The fraction of sp³-hybridized carbons (Fsp3) is 0.529. The standard InChI is InChI=1S/C17H22F3N3O2.ClH/c1-3-23(16(25)11(2)12-8-21-9-12)10-15(24)22-14-7-5-4-6-13(14)17(18,19)20;/h4-7,11-12,21H,3,8-10H2,1-2H3,(H,22,24);1H. The number of nitrogens with one attached hydrogen (secondary N) is 2. The van der Waals surface area contributed by atoms with Gasteiger partial charge in [0, 0.05) is 12.5 Å². The van der Waals surface area contributed by atoms with Gasteiger partial charge in [-0.2, -0.15) is 13.2 Å². The quantitative estimate of drug-likeness (QED) is 0.781. The van der Waals surface area contributed by atoms with Crippen molar-refractivity contribution in [1.82, 2.24) is 10.2 Å². The largest absolute Gasteiger partial charge is 0.418 e. The number of alkyl halides is 3. The Labute approximate surface area is 156 Å². The second-order valence-corrected chi connectivity index (χ2v) is 6.15. The van der Waals surface area contributed by atoms with Crippen molar-refractivity contribution in [2.24, 2.45) is 11.8 Å². The lowest BCUT2D eigenvalue weighted by Crippen LogP contribution is -2.51. The van der Waals surface area contributed by atoms with Crippen LogP contribution in [0.2, 0.25) is 0 Å². The van der Waals surface area contributed by atoms with Crippen LogP contribution < -0.4 is 10.6 Å². The zero-order valence-electron chi connectivity index (χ0n) is 14.6. The molecule has 1 saturated heterocycles. The van der Waals surface area contributed by atoms with Gasteiger partial charge in [-0.1, -0.05) is 19.1 Å². The maximum absolute atomic E-state index is 13.0. The lowest BCUT2D eigenvalue weighted by atomic mass is 9.88. The number of amides is 2. The number of anilines is 1. The predicted molar refractivity (Wildman–Crippen MR) is 95.1 cm³/mol. The highest BCUT2D eigenvalue weighted by Crippen LogP contribution is 2.34. The van der Waals surface area contributed by atoms with Gasteiger partial charge in [-0.25, -0.2) is 0 Å². The predicted octanol–water partition coefficient (Wildman–Crippen LogP) is 2.77. The number of halogens is 4. The number of hydrogen-bond donors (Lipinski definition) is 2. The molecular formula is C17H23ClF3N3O2. The van der Waals surface area contributed by atoms with E-state index < -0.39 is 17.6 Å². The van der Waals surface area contributed by atoms with E-state index in [0.29, 0.717) is 6.54 Å². The topological polar surface area (TPSA) is 61.4 Å². The van der Waals surface area contributed by atoms with Gasteiger partial charge in [-0.3, -0.25) is 9.59 Å². The smallest absolute Gasteiger partial charge is 0.333 e. The minimum absolute atomic E-state index is 0. The molecule has 5 nitrogen and oxygen atoms in total. The average molecular weight is 394 g/mol. The van der Waals surface area contributed by atoms with Crippen molar-refractivity contribution in [3.05, 3.63) is 29.8 Å². The number of nitrogens with zero attached hydrogens (tertiary/aromatic N) is 1. The van der Waals surface area contributed by atoms with E-state index in [1.54, 1.807) is 6.92 Å². The number of benzene rings is 1. The monoisotopic (exact) mass is 393 g/mol. The summed E-state index contributed by atoms with van der Waals surface area (Å²) < 4.78 is 38.9. The van der Waals surface area contributed by atoms with E-state index in [9.17, 15) is 22.8 Å². The molecule has 0 aromatic heterocycles. The molecule has 2 N–H and O–H groups in total. The van der Waals surface area contributed by atoms with Crippen LogP contribution in [0.15, 0.2) is 24.3 Å². The second kappa shape index (κ2) is 9.23. The van der Waals surface area contributed by atoms with Crippen LogP contribution in [0, 0.1) is 11.8 Å². The third kappa shape index (κ3) is 5.35. The Morgan fingerprint density at radius 1 is 1.31 bits per heavy atom. The van der Waals surface area contributed by atoms with Gasteiger partial charge in [0.2, 0.25) is 11.8 Å². The van der Waals surface area contributed by atoms with E-state index in [1.165, 1.54) is 23.1 Å². The maximum Gasteiger partial charge on any atom is 0.418 e. The van der Waals surface area contributed by atoms with E-state index in [-0.39, 0.29) is 42.4 Å². The highest BCUT2D eigenvalue weighted by atomic mass is 35.5. The van der Waals surface area contributed by atoms with Gasteiger partial charge in [0.15, 0.2) is 0 Å². The van der Waals surface area contributed by atoms with Crippen molar-refractivity contribution in [3.63, 3.8) is 0 Å². The molecule has 1 heterocycles. The molecule has 0 bridgehead atoms. The fourth-order valence-corrected chi connectivity index (χ4v) is 2.70. The first kappa shape index (κ1) is 22.2. The Kier molecular flexibility index (Phi) is 7.89. The molecule has 146 valence electrons. The summed E-state index contributed by atoms with van der Waals surface area (Å²) in [5.74, 6) is -0.800. The number of likely N-dealkylation sites (N-methyl/N-ethyl adjacent to an activating group) is 1. The van der Waals surface area contributed by atoms with Crippen LogP contribution in [-0.4, -0.2) is 42.9 Å². The summed E-state index contributed by atoms with van der Waals surface area (Å²) in [5, 5.41) is 5.36. The third-order valence-corrected chi connectivity index (χ3v) is 4.44. The van der Waals surface area contributed by atoms with Crippen LogP contribution in [0.25, 0.3) is 0 Å². The third-order valence-electron chi connectivity index (χ3n) is 4.44. The van der Waals surface area contributed by atoms with E-state index in [1.807, 2.05) is 6.92 Å². The first-order valence-electron chi connectivity index (χ1n) is 8.19. The number of hydrogen-bond acceptors (Lipinski definition) is 3. The summed E-state index contributed by atoms with van der Waals surface area (Å²) in [6, 6.07) is 4.78. The van der Waals surface area contributed by atoms with Gasteiger partial charge in [-0.15, -0.1) is 12.4 Å². The van der Waals surface area contributed by atoms with Gasteiger partial charge in [0.25, 0.3) is 0 Å². The van der Waals surface area contributed by atoms with Crippen molar-refractivity contribution in [2.45, 2.75) is 20.0 Å². The molecule has 1 fully saturated rings. The fourth-order valence-electron chi connectivity index (χ4n) is 2.70. The van der Waals surface area contributed by atoms with E-state index >= 15 is 0 Å². The Bertz CT molecular complexity index is 636. The summed E-state index contributed by atoms with van der Waals surface area (Å²) >= 11 is 0. The van der Waals surface area contributed by atoms with Gasteiger partial charge in [0.1, 0.15) is 0 Å². The molecule has 2 rings (SSSR count). The zero-order chi connectivity index (χ0) is 18.6. The van der Waals surface area contributed by atoms with Crippen LogP contribution >= 0.6 is 12.4 Å². The van der Waals surface area contributed by atoms with Crippen molar-refractivity contribution < 1.29 is 22.8 Å². The first-order chi connectivity index (χ1) is 11.7. The van der Waals surface area contributed by atoms with Crippen molar-refractivity contribution >= 4 is 29.9 Å². The summed E-state index contributed by atoms with van der Waals surface area (Å²) in [4.78, 5) is 26.0. The molecule has 0 aliphatic carbocycles. The molecule has 9 heteroatoms. The molecule has 0 radical (unpaired) electrons. The Morgan fingerprint density at radius 2 is 1.92 bits per heavy atom. The molecule has 1 atom stereocenters. The minimum atomic E-state index is -4.56. The molecule has 1 aromatic rings. The second-order valence-electron chi connectivity index (χ2n) is 6.15. The summed E-state index contributed by atoms with van der Waals surface area (Å²) in [6.07, 6.45) is -4.56.